The van der Waals surface area contributed by atoms with E-state index in [4.69, 9.17) is 28.9 Å². The Morgan fingerprint density at radius 2 is 2.00 bits per heavy atom. The van der Waals surface area contributed by atoms with E-state index in [0.29, 0.717) is 15.6 Å². The highest BCUT2D eigenvalue weighted by Crippen LogP contribution is 2.29. The normalized spacial score (nSPS) is 14.5. The number of carbonyl (C=O) groups excluding carboxylic acids is 1. The summed E-state index contributed by atoms with van der Waals surface area (Å²) in [5.41, 5.74) is 6.36. The maximum atomic E-state index is 11.9. The molecule has 3 N–H and O–H groups in total. The number of sulfone groups is 1. The maximum absolute atomic E-state index is 11.9. The summed E-state index contributed by atoms with van der Waals surface area (Å²) >= 11 is 12.0. The minimum Gasteiger partial charge on any atom is -0.348 e. The van der Waals surface area contributed by atoms with Gasteiger partial charge in [-0.05, 0) is 25.0 Å². The van der Waals surface area contributed by atoms with Crippen molar-refractivity contribution < 1.29 is 13.2 Å². The lowest BCUT2D eigenvalue weighted by molar-refractivity contribution is -0.123. The lowest BCUT2D eigenvalue weighted by atomic mass is 10.1. The molecule has 0 saturated carbocycles. The second-order valence-electron chi connectivity index (χ2n) is 4.90. The Kier molecular flexibility index (Phi) is 6.46. The van der Waals surface area contributed by atoms with Crippen molar-refractivity contribution in [3.8, 4) is 0 Å². The summed E-state index contributed by atoms with van der Waals surface area (Å²) < 4.78 is 22.1. The smallest absolute Gasteiger partial charge is 0.237 e. The highest BCUT2D eigenvalue weighted by atomic mass is 35.5. The van der Waals surface area contributed by atoms with Gasteiger partial charge in [0.05, 0.1) is 27.9 Å². The number of nitrogens with one attached hydrogen (secondary N) is 1. The first-order valence-electron chi connectivity index (χ1n) is 6.29. The van der Waals surface area contributed by atoms with E-state index < -0.39 is 21.8 Å². The van der Waals surface area contributed by atoms with E-state index >= 15 is 0 Å². The lowest BCUT2D eigenvalue weighted by Crippen LogP contribution is -2.42. The predicted octanol–water partition coefficient (Wildman–Crippen LogP) is 1.93. The van der Waals surface area contributed by atoms with Crippen LogP contribution in [-0.4, -0.2) is 32.4 Å². The third-order valence-electron chi connectivity index (χ3n) is 2.94. The van der Waals surface area contributed by atoms with Crippen LogP contribution < -0.4 is 11.1 Å². The topological polar surface area (TPSA) is 89.3 Å². The first-order valence-corrected chi connectivity index (χ1v) is 9.11. The summed E-state index contributed by atoms with van der Waals surface area (Å²) in [6.45, 7) is 1.75. The molecule has 1 aromatic rings. The van der Waals surface area contributed by atoms with Crippen LogP contribution in [0.2, 0.25) is 10.0 Å². The SMILES string of the molecule is CC(NC(=O)C(N)CCS(C)(=O)=O)c1cccc(Cl)c1Cl. The van der Waals surface area contributed by atoms with Crippen molar-refractivity contribution in [2.45, 2.75) is 25.4 Å². The van der Waals surface area contributed by atoms with Crippen LogP contribution in [0.3, 0.4) is 0 Å². The van der Waals surface area contributed by atoms with E-state index in [2.05, 4.69) is 5.32 Å². The van der Waals surface area contributed by atoms with Crippen LogP contribution in [0.1, 0.15) is 24.9 Å². The zero-order chi connectivity index (χ0) is 16.2. The number of hydrogen-bond donors (Lipinski definition) is 2. The monoisotopic (exact) mass is 352 g/mol. The van der Waals surface area contributed by atoms with Crippen LogP contribution in [0.25, 0.3) is 0 Å². The molecule has 21 heavy (non-hydrogen) atoms. The van der Waals surface area contributed by atoms with E-state index in [9.17, 15) is 13.2 Å². The Hall–Kier alpha value is -0.820. The number of rotatable bonds is 6. The van der Waals surface area contributed by atoms with Gasteiger partial charge in [0.25, 0.3) is 0 Å². The van der Waals surface area contributed by atoms with Crippen LogP contribution in [-0.2, 0) is 14.6 Å². The molecular weight excluding hydrogens is 335 g/mol. The number of halogens is 2. The van der Waals surface area contributed by atoms with E-state index in [1.807, 2.05) is 0 Å². The predicted molar refractivity (Wildman–Crippen MR) is 85.3 cm³/mol. The Morgan fingerprint density at radius 1 is 1.38 bits per heavy atom. The number of benzene rings is 1. The second kappa shape index (κ2) is 7.45. The van der Waals surface area contributed by atoms with Gasteiger partial charge in [-0.15, -0.1) is 0 Å². The van der Waals surface area contributed by atoms with Gasteiger partial charge >= 0.3 is 0 Å². The average Bonchev–Trinajstić information content (AvgIpc) is 2.38. The van der Waals surface area contributed by atoms with Crippen molar-refractivity contribution in [2.75, 3.05) is 12.0 Å². The highest BCUT2D eigenvalue weighted by Gasteiger charge is 2.20. The molecule has 1 rings (SSSR count). The maximum Gasteiger partial charge on any atom is 0.237 e. The molecule has 1 amide bonds. The molecule has 2 atom stereocenters. The number of amides is 1. The molecule has 0 fully saturated rings. The molecule has 0 aromatic heterocycles. The molecule has 0 aliphatic carbocycles. The molecule has 0 saturated heterocycles. The van der Waals surface area contributed by atoms with Gasteiger partial charge in [-0.25, -0.2) is 8.42 Å². The Morgan fingerprint density at radius 3 is 2.57 bits per heavy atom. The summed E-state index contributed by atoms with van der Waals surface area (Å²) in [5.74, 6) is -0.560. The molecule has 0 radical (unpaired) electrons. The standard InChI is InChI=1S/C13H18Cl2N2O3S/c1-8(9-4-3-5-10(14)12(9)15)17-13(18)11(16)6-7-21(2,19)20/h3-5,8,11H,6-7,16H2,1-2H3,(H,17,18). The second-order valence-corrected chi connectivity index (χ2v) is 7.94. The number of carbonyl (C=O) groups is 1. The quantitative estimate of drug-likeness (QED) is 0.818. The van der Waals surface area contributed by atoms with Crippen LogP contribution >= 0.6 is 23.2 Å². The number of hydrogen-bond acceptors (Lipinski definition) is 4. The summed E-state index contributed by atoms with van der Waals surface area (Å²) in [6, 6.07) is 3.87. The van der Waals surface area contributed by atoms with Crippen LogP contribution in [0.5, 0.6) is 0 Å². The average molecular weight is 353 g/mol. The van der Waals surface area contributed by atoms with E-state index in [1.54, 1.807) is 25.1 Å². The molecular formula is C13H18Cl2N2O3S. The molecule has 0 aliphatic rings. The molecule has 0 heterocycles. The highest BCUT2D eigenvalue weighted by molar-refractivity contribution is 7.90. The van der Waals surface area contributed by atoms with Crippen molar-refractivity contribution in [3.05, 3.63) is 33.8 Å². The van der Waals surface area contributed by atoms with Crippen molar-refractivity contribution >= 4 is 38.9 Å². The van der Waals surface area contributed by atoms with Gasteiger partial charge in [0, 0.05) is 6.26 Å². The minimum absolute atomic E-state index is 0.0701. The zero-order valence-electron chi connectivity index (χ0n) is 11.8. The van der Waals surface area contributed by atoms with Gasteiger partial charge < -0.3 is 11.1 Å². The summed E-state index contributed by atoms with van der Waals surface area (Å²) in [4.78, 5) is 11.9. The summed E-state index contributed by atoms with van der Waals surface area (Å²) in [6.07, 6.45) is 1.17. The van der Waals surface area contributed by atoms with E-state index in [-0.39, 0.29) is 18.2 Å². The van der Waals surface area contributed by atoms with Gasteiger partial charge in [-0.2, -0.15) is 0 Å². The molecule has 1 aromatic carbocycles. The molecule has 118 valence electrons. The van der Waals surface area contributed by atoms with Crippen LogP contribution in [0.15, 0.2) is 18.2 Å². The molecule has 2 unspecified atom stereocenters. The van der Waals surface area contributed by atoms with E-state index in [1.165, 1.54) is 0 Å². The molecule has 0 bridgehead atoms. The minimum atomic E-state index is -3.14. The lowest BCUT2D eigenvalue weighted by Gasteiger charge is -2.19. The van der Waals surface area contributed by atoms with Gasteiger partial charge in [0.15, 0.2) is 0 Å². The van der Waals surface area contributed by atoms with Crippen molar-refractivity contribution in [1.82, 2.24) is 5.32 Å². The van der Waals surface area contributed by atoms with Gasteiger partial charge in [0.1, 0.15) is 9.84 Å². The van der Waals surface area contributed by atoms with Gasteiger partial charge in [0.2, 0.25) is 5.91 Å². The van der Waals surface area contributed by atoms with Crippen LogP contribution in [0, 0.1) is 0 Å². The molecule has 0 aliphatic heterocycles. The third kappa shape index (κ3) is 5.82. The van der Waals surface area contributed by atoms with Crippen molar-refractivity contribution in [2.24, 2.45) is 5.73 Å². The summed E-state index contributed by atoms with van der Waals surface area (Å²) in [7, 11) is -3.14. The van der Waals surface area contributed by atoms with Crippen molar-refractivity contribution in [1.29, 1.82) is 0 Å². The fourth-order valence-corrected chi connectivity index (χ4v) is 2.88. The Balaban J connectivity index is 2.67. The number of nitrogens with two attached hydrogens (primary N) is 1. The van der Waals surface area contributed by atoms with Crippen molar-refractivity contribution in [3.63, 3.8) is 0 Å². The zero-order valence-corrected chi connectivity index (χ0v) is 14.1. The Labute approximate surface area is 134 Å². The summed E-state index contributed by atoms with van der Waals surface area (Å²) in [5, 5.41) is 3.47. The first kappa shape index (κ1) is 18.2. The fourth-order valence-electron chi connectivity index (χ4n) is 1.73. The van der Waals surface area contributed by atoms with Gasteiger partial charge in [-0.1, -0.05) is 35.3 Å². The molecule has 0 spiro atoms. The molecule has 5 nitrogen and oxygen atoms in total. The van der Waals surface area contributed by atoms with Crippen LogP contribution in [0.4, 0.5) is 0 Å². The van der Waals surface area contributed by atoms with Gasteiger partial charge in [-0.3, -0.25) is 4.79 Å². The largest absolute Gasteiger partial charge is 0.348 e. The fraction of sp³-hybridized carbons (Fsp3) is 0.462. The molecule has 8 heteroatoms. The third-order valence-corrected chi connectivity index (χ3v) is 4.75. The Bertz CT molecular complexity index is 620. The van der Waals surface area contributed by atoms with E-state index in [0.717, 1.165) is 6.26 Å². The first-order chi connectivity index (χ1) is 9.61.